The molecule has 0 aliphatic rings. The second-order valence-electron chi connectivity index (χ2n) is 7.24. The summed E-state index contributed by atoms with van der Waals surface area (Å²) < 4.78 is 2.02. The fourth-order valence-corrected chi connectivity index (χ4v) is 4.01. The summed E-state index contributed by atoms with van der Waals surface area (Å²) in [5, 5.41) is 12.5. The number of nitrogens with one attached hydrogen (secondary N) is 1. The minimum absolute atomic E-state index is 0.000572. The number of amides is 1. The number of carbonyl (C=O) groups is 1. The predicted octanol–water partition coefficient (Wildman–Crippen LogP) is 4.36. The van der Waals surface area contributed by atoms with Crippen molar-refractivity contribution in [2.24, 2.45) is 5.92 Å². The van der Waals surface area contributed by atoms with E-state index in [4.69, 9.17) is 0 Å². The number of aromatic nitrogens is 4. The van der Waals surface area contributed by atoms with Gasteiger partial charge in [0.25, 0.3) is 0 Å². The predicted molar refractivity (Wildman–Crippen MR) is 116 cm³/mol. The number of carbonyl (C=O) groups excluding carboxylic acids is 1. The van der Waals surface area contributed by atoms with Gasteiger partial charge >= 0.3 is 0 Å². The Labute approximate surface area is 176 Å². The maximum Gasteiger partial charge on any atom is 0.230 e. The lowest BCUT2D eigenvalue weighted by atomic mass is 9.97. The molecule has 152 valence electrons. The maximum atomic E-state index is 12.7. The van der Waals surface area contributed by atoms with Crippen LogP contribution in [0.3, 0.4) is 0 Å². The van der Waals surface area contributed by atoms with Gasteiger partial charge in [0, 0.05) is 24.5 Å². The summed E-state index contributed by atoms with van der Waals surface area (Å²) >= 11 is 1.41. The van der Waals surface area contributed by atoms with Crippen LogP contribution in [0.15, 0.2) is 60.0 Å². The highest BCUT2D eigenvalue weighted by atomic mass is 32.2. The number of pyridine rings is 1. The van der Waals surface area contributed by atoms with Crippen molar-refractivity contribution in [2.45, 2.75) is 44.9 Å². The first-order valence-corrected chi connectivity index (χ1v) is 10.9. The lowest BCUT2D eigenvalue weighted by molar-refractivity contribution is -0.119. The molecule has 0 fully saturated rings. The van der Waals surface area contributed by atoms with Crippen molar-refractivity contribution in [1.82, 2.24) is 25.1 Å². The van der Waals surface area contributed by atoms with E-state index in [2.05, 4.69) is 46.5 Å². The third kappa shape index (κ3) is 5.67. The first kappa shape index (κ1) is 21.0. The fourth-order valence-electron chi connectivity index (χ4n) is 3.20. The highest BCUT2D eigenvalue weighted by Gasteiger charge is 2.18. The van der Waals surface area contributed by atoms with E-state index in [9.17, 15) is 4.79 Å². The standard InChI is InChI=1S/C22H27N5OS/c1-4-27-21(18-10-12-23-13-11-18)25-26-22(27)29-15-20(28)24-19(14-16(2)3)17-8-6-5-7-9-17/h5-13,16,19H,4,14-15H2,1-3H3,(H,24,28)/t19-/m0/s1. The van der Waals surface area contributed by atoms with E-state index in [0.29, 0.717) is 11.7 Å². The van der Waals surface area contributed by atoms with Gasteiger partial charge in [-0.1, -0.05) is 55.9 Å². The summed E-state index contributed by atoms with van der Waals surface area (Å²) in [7, 11) is 0. The van der Waals surface area contributed by atoms with Crippen LogP contribution in [0.25, 0.3) is 11.4 Å². The number of rotatable bonds is 9. The van der Waals surface area contributed by atoms with Crippen LogP contribution in [0.2, 0.25) is 0 Å². The van der Waals surface area contributed by atoms with Gasteiger partial charge in [0.1, 0.15) is 0 Å². The molecule has 29 heavy (non-hydrogen) atoms. The minimum Gasteiger partial charge on any atom is -0.349 e. The van der Waals surface area contributed by atoms with Crippen molar-refractivity contribution in [2.75, 3.05) is 5.75 Å². The smallest absolute Gasteiger partial charge is 0.230 e. The summed E-state index contributed by atoms with van der Waals surface area (Å²) in [6.07, 6.45) is 4.38. The Morgan fingerprint density at radius 3 is 2.48 bits per heavy atom. The van der Waals surface area contributed by atoms with E-state index in [0.717, 1.165) is 35.1 Å². The molecule has 1 aromatic carbocycles. The Morgan fingerprint density at radius 2 is 1.83 bits per heavy atom. The number of thioether (sulfide) groups is 1. The highest BCUT2D eigenvalue weighted by molar-refractivity contribution is 7.99. The average Bonchev–Trinajstić information content (AvgIpc) is 3.15. The van der Waals surface area contributed by atoms with E-state index in [1.165, 1.54) is 11.8 Å². The van der Waals surface area contributed by atoms with E-state index in [1.807, 2.05) is 41.8 Å². The second kappa shape index (κ2) is 10.2. The molecule has 3 rings (SSSR count). The molecule has 6 nitrogen and oxygen atoms in total. The molecule has 1 amide bonds. The van der Waals surface area contributed by atoms with Crippen LogP contribution in [0.4, 0.5) is 0 Å². The monoisotopic (exact) mass is 409 g/mol. The third-order valence-electron chi connectivity index (χ3n) is 4.55. The minimum atomic E-state index is 0.000572. The van der Waals surface area contributed by atoms with Gasteiger partial charge in [-0.05, 0) is 37.0 Å². The number of hydrogen-bond acceptors (Lipinski definition) is 5. The summed E-state index contributed by atoms with van der Waals surface area (Å²) in [5.74, 6) is 1.58. The molecule has 2 heterocycles. The molecule has 2 aromatic heterocycles. The third-order valence-corrected chi connectivity index (χ3v) is 5.51. The molecule has 0 saturated carbocycles. The summed E-state index contributed by atoms with van der Waals surface area (Å²) in [6, 6.07) is 14.0. The van der Waals surface area contributed by atoms with E-state index >= 15 is 0 Å². The second-order valence-corrected chi connectivity index (χ2v) is 8.18. The van der Waals surface area contributed by atoms with Crippen LogP contribution in [0.5, 0.6) is 0 Å². The molecule has 0 saturated heterocycles. The maximum absolute atomic E-state index is 12.7. The van der Waals surface area contributed by atoms with E-state index in [-0.39, 0.29) is 11.9 Å². The van der Waals surface area contributed by atoms with Gasteiger partial charge < -0.3 is 9.88 Å². The highest BCUT2D eigenvalue weighted by Crippen LogP contribution is 2.25. The zero-order valence-corrected chi connectivity index (χ0v) is 17.9. The van der Waals surface area contributed by atoms with E-state index < -0.39 is 0 Å². The van der Waals surface area contributed by atoms with Gasteiger partial charge in [0.2, 0.25) is 5.91 Å². The molecule has 0 radical (unpaired) electrons. The van der Waals surface area contributed by atoms with Crippen LogP contribution in [-0.4, -0.2) is 31.4 Å². The quantitative estimate of drug-likeness (QED) is 0.532. The average molecular weight is 410 g/mol. The molecular formula is C22H27N5OS. The van der Waals surface area contributed by atoms with Gasteiger partial charge in [-0.3, -0.25) is 9.78 Å². The molecule has 0 unspecified atom stereocenters. The Hall–Kier alpha value is -2.67. The van der Waals surface area contributed by atoms with Crippen LogP contribution in [0, 0.1) is 5.92 Å². The van der Waals surface area contributed by atoms with E-state index in [1.54, 1.807) is 12.4 Å². The molecule has 0 bridgehead atoms. The zero-order chi connectivity index (χ0) is 20.6. The largest absolute Gasteiger partial charge is 0.349 e. The number of benzene rings is 1. The molecule has 0 spiro atoms. The number of hydrogen-bond donors (Lipinski definition) is 1. The van der Waals surface area contributed by atoms with Gasteiger partial charge in [-0.15, -0.1) is 10.2 Å². The molecule has 0 aliphatic heterocycles. The van der Waals surface area contributed by atoms with Crippen LogP contribution >= 0.6 is 11.8 Å². The Balaban J connectivity index is 1.66. The Kier molecular flexibility index (Phi) is 7.41. The molecule has 7 heteroatoms. The topological polar surface area (TPSA) is 72.7 Å². The molecule has 0 aliphatic carbocycles. The Bertz CT molecular complexity index is 911. The first-order valence-electron chi connectivity index (χ1n) is 9.89. The van der Waals surface area contributed by atoms with Crippen LogP contribution in [-0.2, 0) is 11.3 Å². The van der Waals surface area contributed by atoms with Crippen molar-refractivity contribution >= 4 is 17.7 Å². The molecule has 3 aromatic rings. The molecular weight excluding hydrogens is 382 g/mol. The lowest BCUT2D eigenvalue weighted by Gasteiger charge is -2.21. The summed E-state index contributed by atoms with van der Waals surface area (Å²) in [6.45, 7) is 7.11. The molecule has 1 N–H and O–H groups in total. The summed E-state index contributed by atoms with van der Waals surface area (Å²) in [5.41, 5.74) is 2.10. The van der Waals surface area contributed by atoms with Gasteiger partial charge in [0.05, 0.1) is 11.8 Å². The van der Waals surface area contributed by atoms with Crippen LogP contribution < -0.4 is 5.32 Å². The zero-order valence-electron chi connectivity index (χ0n) is 17.1. The number of nitrogens with zero attached hydrogens (tertiary/aromatic N) is 4. The lowest BCUT2D eigenvalue weighted by Crippen LogP contribution is -2.31. The Morgan fingerprint density at radius 1 is 1.10 bits per heavy atom. The van der Waals surface area contributed by atoms with Crippen molar-refractivity contribution in [3.05, 3.63) is 60.4 Å². The van der Waals surface area contributed by atoms with Crippen molar-refractivity contribution < 1.29 is 4.79 Å². The molecule has 1 atom stereocenters. The fraction of sp³-hybridized carbons (Fsp3) is 0.364. The van der Waals surface area contributed by atoms with Crippen molar-refractivity contribution in [3.8, 4) is 11.4 Å². The SMILES string of the molecule is CCn1c(SCC(=O)N[C@@H](CC(C)C)c2ccccc2)nnc1-c1ccncc1. The first-order chi connectivity index (χ1) is 14.1. The normalized spacial score (nSPS) is 12.1. The van der Waals surface area contributed by atoms with Crippen LogP contribution in [0.1, 0.15) is 38.8 Å². The van der Waals surface area contributed by atoms with Gasteiger partial charge in [-0.25, -0.2) is 0 Å². The van der Waals surface area contributed by atoms with Crippen molar-refractivity contribution in [1.29, 1.82) is 0 Å². The van der Waals surface area contributed by atoms with Gasteiger partial charge in [-0.2, -0.15) is 0 Å². The van der Waals surface area contributed by atoms with Crippen molar-refractivity contribution in [3.63, 3.8) is 0 Å². The summed E-state index contributed by atoms with van der Waals surface area (Å²) in [4.78, 5) is 16.7. The van der Waals surface area contributed by atoms with Gasteiger partial charge in [0.15, 0.2) is 11.0 Å².